The summed E-state index contributed by atoms with van der Waals surface area (Å²) in [5.74, 6) is 1.10. The molecule has 3 nitrogen and oxygen atoms in total. The summed E-state index contributed by atoms with van der Waals surface area (Å²) in [4.78, 5) is 11.8. The Hall–Kier alpha value is -1.35. The monoisotopic (exact) mass is 258 g/mol. The van der Waals surface area contributed by atoms with E-state index in [0.29, 0.717) is 5.92 Å². The summed E-state index contributed by atoms with van der Waals surface area (Å²) in [5, 5.41) is 6.46. The summed E-state index contributed by atoms with van der Waals surface area (Å²) in [6.07, 6.45) is 4.50. The lowest BCUT2D eigenvalue weighted by molar-refractivity contribution is -0.117. The first-order chi connectivity index (χ1) is 9.24. The van der Waals surface area contributed by atoms with Crippen molar-refractivity contribution in [2.24, 2.45) is 5.92 Å². The third-order valence-electron chi connectivity index (χ3n) is 4.27. The number of piperidine rings is 1. The second-order valence-corrected chi connectivity index (χ2v) is 5.86. The molecule has 0 bridgehead atoms. The van der Waals surface area contributed by atoms with Crippen molar-refractivity contribution in [3.8, 4) is 0 Å². The van der Waals surface area contributed by atoms with Crippen molar-refractivity contribution in [2.45, 2.75) is 38.5 Å². The van der Waals surface area contributed by atoms with E-state index in [9.17, 15) is 4.79 Å². The van der Waals surface area contributed by atoms with Gasteiger partial charge in [0.15, 0.2) is 0 Å². The molecule has 1 saturated carbocycles. The van der Waals surface area contributed by atoms with Crippen LogP contribution in [0.4, 0.5) is 5.69 Å². The maximum Gasteiger partial charge on any atom is 0.227 e. The first kappa shape index (κ1) is 12.7. The quantitative estimate of drug-likeness (QED) is 0.875. The van der Waals surface area contributed by atoms with Crippen LogP contribution in [0.5, 0.6) is 0 Å². The van der Waals surface area contributed by atoms with Gasteiger partial charge in [0.25, 0.3) is 0 Å². The number of hydrogen-bond acceptors (Lipinski definition) is 2. The van der Waals surface area contributed by atoms with E-state index in [4.69, 9.17) is 0 Å². The number of aryl methyl sites for hydroxylation is 1. The summed E-state index contributed by atoms with van der Waals surface area (Å²) in [6, 6.07) is 6.35. The Morgan fingerprint density at radius 3 is 2.63 bits per heavy atom. The minimum absolute atomic E-state index is 0.195. The minimum atomic E-state index is 0.195. The van der Waals surface area contributed by atoms with E-state index in [0.717, 1.165) is 31.6 Å². The van der Waals surface area contributed by atoms with Crippen molar-refractivity contribution >= 4 is 11.6 Å². The van der Waals surface area contributed by atoms with E-state index >= 15 is 0 Å². The SMILES string of the molecule is Cc1ccc(NC(=O)C2CC2)cc1C1CCNCC1. The maximum absolute atomic E-state index is 11.8. The Bertz CT molecular complexity index is 474. The molecule has 0 atom stereocenters. The lowest BCUT2D eigenvalue weighted by Crippen LogP contribution is -2.27. The molecule has 0 aromatic heterocycles. The van der Waals surface area contributed by atoms with E-state index in [1.807, 2.05) is 6.07 Å². The van der Waals surface area contributed by atoms with E-state index < -0.39 is 0 Å². The number of hydrogen-bond donors (Lipinski definition) is 2. The predicted octanol–water partition coefficient (Wildman–Crippen LogP) is 2.81. The fourth-order valence-corrected chi connectivity index (χ4v) is 2.88. The molecule has 0 unspecified atom stereocenters. The smallest absolute Gasteiger partial charge is 0.227 e. The van der Waals surface area contributed by atoms with Crippen molar-refractivity contribution in [3.63, 3.8) is 0 Å². The number of carbonyl (C=O) groups is 1. The number of carbonyl (C=O) groups excluding carboxylic acids is 1. The zero-order valence-electron chi connectivity index (χ0n) is 11.5. The molecule has 0 spiro atoms. The van der Waals surface area contributed by atoms with E-state index in [-0.39, 0.29) is 11.8 Å². The normalized spacial score (nSPS) is 20.3. The van der Waals surface area contributed by atoms with Crippen LogP contribution in [-0.4, -0.2) is 19.0 Å². The van der Waals surface area contributed by atoms with Crippen LogP contribution in [0.15, 0.2) is 18.2 Å². The molecule has 1 aliphatic heterocycles. The molecular weight excluding hydrogens is 236 g/mol. The molecule has 0 radical (unpaired) electrons. The van der Waals surface area contributed by atoms with Gasteiger partial charge in [-0.3, -0.25) is 4.79 Å². The summed E-state index contributed by atoms with van der Waals surface area (Å²) in [5.41, 5.74) is 3.72. The van der Waals surface area contributed by atoms with Gasteiger partial charge in [0.2, 0.25) is 5.91 Å². The molecule has 1 amide bonds. The number of nitrogens with one attached hydrogen (secondary N) is 2. The van der Waals surface area contributed by atoms with Crippen molar-refractivity contribution in [3.05, 3.63) is 29.3 Å². The van der Waals surface area contributed by atoms with Crippen LogP contribution in [0.25, 0.3) is 0 Å². The minimum Gasteiger partial charge on any atom is -0.326 e. The third-order valence-corrected chi connectivity index (χ3v) is 4.27. The first-order valence-corrected chi connectivity index (χ1v) is 7.36. The summed E-state index contributed by atoms with van der Waals surface area (Å²) in [7, 11) is 0. The Balaban J connectivity index is 1.76. The average molecular weight is 258 g/mol. The average Bonchev–Trinajstić information content (AvgIpc) is 3.26. The molecule has 3 heteroatoms. The largest absolute Gasteiger partial charge is 0.326 e. The summed E-state index contributed by atoms with van der Waals surface area (Å²) >= 11 is 0. The molecule has 2 N–H and O–H groups in total. The van der Waals surface area contributed by atoms with Crippen LogP contribution in [0, 0.1) is 12.8 Å². The molecular formula is C16H22N2O. The molecule has 2 aliphatic rings. The number of amides is 1. The first-order valence-electron chi connectivity index (χ1n) is 7.36. The van der Waals surface area contributed by atoms with Gasteiger partial charge in [0.05, 0.1) is 0 Å². The molecule has 3 rings (SSSR count). The van der Waals surface area contributed by atoms with Gasteiger partial charge in [-0.1, -0.05) is 6.07 Å². The molecule has 1 saturated heterocycles. The second kappa shape index (κ2) is 5.33. The highest BCUT2D eigenvalue weighted by atomic mass is 16.2. The lowest BCUT2D eigenvalue weighted by atomic mass is 9.87. The van der Waals surface area contributed by atoms with Gasteiger partial charge in [0, 0.05) is 11.6 Å². The lowest BCUT2D eigenvalue weighted by Gasteiger charge is -2.25. The Labute approximate surface area is 114 Å². The zero-order valence-corrected chi connectivity index (χ0v) is 11.5. The van der Waals surface area contributed by atoms with Crippen LogP contribution in [-0.2, 0) is 4.79 Å². The molecule has 1 aromatic rings. The van der Waals surface area contributed by atoms with Gasteiger partial charge >= 0.3 is 0 Å². The Kier molecular flexibility index (Phi) is 3.56. The Morgan fingerprint density at radius 1 is 1.21 bits per heavy atom. The van der Waals surface area contributed by atoms with Gasteiger partial charge < -0.3 is 10.6 Å². The van der Waals surface area contributed by atoms with Crippen molar-refractivity contribution in [1.29, 1.82) is 0 Å². The summed E-state index contributed by atoms with van der Waals surface area (Å²) < 4.78 is 0. The topological polar surface area (TPSA) is 41.1 Å². The fourth-order valence-electron chi connectivity index (χ4n) is 2.88. The number of anilines is 1. The molecule has 1 aliphatic carbocycles. The van der Waals surface area contributed by atoms with Crippen molar-refractivity contribution in [1.82, 2.24) is 5.32 Å². The van der Waals surface area contributed by atoms with Crippen LogP contribution in [0.3, 0.4) is 0 Å². The zero-order chi connectivity index (χ0) is 13.2. The summed E-state index contributed by atoms with van der Waals surface area (Å²) in [6.45, 7) is 4.37. The van der Waals surface area contributed by atoms with Crippen molar-refractivity contribution in [2.75, 3.05) is 18.4 Å². The predicted molar refractivity (Wildman–Crippen MR) is 77.4 cm³/mol. The van der Waals surface area contributed by atoms with Crippen molar-refractivity contribution < 1.29 is 4.79 Å². The van der Waals surface area contributed by atoms with Crippen LogP contribution in [0.1, 0.15) is 42.7 Å². The molecule has 102 valence electrons. The van der Waals surface area contributed by atoms with Gasteiger partial charge in [0.1, 0.15) is 0 Å². The number of benzene rings is 1. The van der Waals surface area contributed by atoms with Gasteiger partial charge in [-0.15, -0.1) is 0 Å². The van der Waals surface area contributed by atoms with E-state index in [1.54, 1.807) is 0 Å². The standard InChI is InChI=1S/C16H22N2O/c1-11-2-5-14(18-16(19)13-3-4-13)10-15(11)12-6-8-17-9-7-12/h2,5,10,12-13,17H,3-4,6-9H2,1H3,(H,18,19). The van der Waals surface area contributed by atoms with Gasteiger partial charge in [-0.2, -0.15) is 0 Å². The van der Waals surface area contributed by atoms with Crippen LogP contribution < -0.4 is 10.6 Å². The number of rotatable bonds is 3. The highest BCUT2D eigenvalue weighted by Crippen LogP contribution is 2.32. The maximum atomic E-state index is 11.8. The highest BCUT2D eigenvalue weighted by Gasteiger charge is 2.29. The van der Waals surface area contributed by atoms with Gasteiger partial charge in [-0.05, 0) is 74.9 Å². The molecule has 1 heterocycles. The fraction of sp³-hybridized carbons (Fsp3) is 0.562. The Morgan fingerprint density at radius 2 is 1.95 bits per heavy atom. The van der Waals surface area contributed by atoms with Crippen LogP contribution >= 0.6 is 0 Å². The van der Waals surface area contributed by atoms with Gasteiger partial charge in [-0.25, -0.2) is 0 Å². The van der Waals surface area contributed by atoms with Crippen LogP contribution in [0.2, 0.25) is 0 Å². The molecule has 19 heavy (non-hydrogen) atoms. The highest BCUT2D eigenvalue weighted by molar-refractivity contribution is 5.94. The van der Waals surface area contributed by atoms with E-state index in [1.165, 1.54) is 24.0 Å². The van der Waals surface area contributed by atoms with E-state index in [2.05, 4.69) is 29.7 Å². The molecule has 2 fully saturated rings. The molecule has 1 aromatic carbocycles. The second-order valence-electron chi connectivity index (χ2n) is 5.86. The third kappa shape index (κ3) is 2.98.